The molecule has 0 radical (unpaired) electrons. The standard InChI is InChI=1S/C11H19N3O2/c1-2-5-14(6-3-4-7-15)10-8-11(16)13-9-12-10/h8-9,15H,2-7H2,1H3,(H,12,13,16). The number of aliphatic hydroxyl groups excluding tert-OH is 1. The van der Waals surface area contributed by atoms with Crippen LogP contribution in [0.2, 0.25) is 0 Å². The van der Waals surface area contributed by atoms with Crippen LogP contribution in [0.5, 0.6) is 0 Å². The third kappa shape index (κ3) is 4.02. The molecule has 1 heterocycles. The van der Waals surface area contributed by atoms with E-state index >= 15 is 0 Å². The molecule has 5 nitrogen and oxygen atoms in total. The summed E-state index contributed by atoms with van der Waals surface area (Å²) in [6.45, 7) is 4.00. The van der Waals surface area contributed by atoms with Crippen molar-refractivity contribution in [1.29, 1.82) is 0 Å². The van der Waals surface area contributed by atoms with E-state index in [1.807, 2.05) is 0 Å². The van der Waals surface area contributed by atoms with E-state index in [1.165, 1.54) is 12.4 Å². The minimum absolute atomic E-state index is 0.131. The van der Waals surface area contributed by atoms with Gasteiger partial charge < -0.3 is 15.0 Å². The summed E-state index contributed by atoms with van der Waals surface area (Å²) in [7, 11) is 0. The van der Waals surface area contributed by atoms with Gasteiger partial charge in [0.2, 0.25) is 0 Å². The number of anilines is 1. The summed E-state index contributed by atoms with van der Waals surface area (Å²) in [6.07, 6.45) is 4.12. The van der Waals surface area contributed by atoms with Gasteiger partial charge in [-0.25, -0.2) is 4.98 Å². The minimum Gasteiger partial charge on any atom is -0.396 e. The van der Waals surface area contributed by atoms with Crippen molar-refractivity contribution in [3.05, 3.63) is 22.7 Å². The highest BCUT2D eigenvalue weighted by molar-refractivity contribution is 5.36. The molecule has 2 N–H and O–H groups in total. The highest BCUT2D eigenvalue weighted by Crippen LogP contribution is 2.08. The Morgan fingerprint density at radius 2 is 2.25 bits per heavy atom. The number of hydrogen-bond donors (Lipinski definition) is 2. The van der Waals surface area contributed by atoms with E-state index in [4.69, 9.17) is 5.11 Å². The maximum absolute atomic E-state index is 11.2. The van der Waals surface area contributed by atoms with E-state index < -0.39 is 0 Å². The van der Waals surface area contributed by atoms with Crippen molar-refractivity contribution in [2.45, 2.75) is 26.2 Å². The summed E-state index contributed by atoms with van der Waals surface area (Å²) in [5.74, 6) is 0.712. The van der Waals surface area contributed by atoms with Crippen LogP contribution in [-0.4, -0.2) is 34.8 Å². The number of aromatic amines is 1. The van der Waals surface area contributed by atoms with E-state index in [0.717, 1.165) is 32.4 Å². The number of aliphatic hydroxyl groups is 1. The highest BCUT2D eigenvalue weighted by atomic mass is 16.2. The van der Waals surface area contributed by atoms with Gasteiger partial charge in [-0.05, 0) is 19.3 Å². The molecular weight excluding hydrogens is 206 g/mol. The van der Waals surface area contributed by atoms with E-state index in [2.05, 4.69) is 21.8 Å². The number of aromatic nitrogens is 2. The van der Waals surface area contributed by atoms with Crippen LogP contribution in [0, 0.1) is 0 Å². The Kier molecular flexibility index (Phi) is 5.56. The monoisotopic (exact) mass is 225 g/mol. The second-order valence-electron chi connectivity index (χ2n) is 3.69. The van der Waals surface area contributed by atoms with Gasteiger partial charge in [-0.2, -0.15) is 0 Å². The van der Waals surface area contributed by atoms with Crippen LogP contribution in [0.1, 0.15) is 26.2 Å². The first-order valence-corrected chi connectivity index (χ1v) is 5.68. The topological polar surface area (TPSA) is 69.2 Å². The molecular formula is C11H19N3O2. The lowest BCUT2D eigenvalue weighted by Gasteiger charge is -2.22. The smallest absolute Gasteiger partial charge is 0.252 e. The van der Waals surface area contributed by atoms with Crippen LogP contribution >= 0.6 is 0 Å². The van der Waals surface area contributed by atoms with E-state index in [1.54, 1.807) is 0 Å². The van der Waals surface area contributed by atoms with Gasteiger partial charge in [0.1, 0.15) is 5.82 Å². The largest absolute Gasteiger partial charge is 0.396 e. The zero-order chi connectivity index (χ0) is 11.8. The summed E-state index contributed by atoms with van der Waals surface area (Å²) in [5.41, 5.74) is -0.131. The van der Waals surface area contributed by atoms with Crippen LogP contribution in [-0.2, 0) is 0 Å². The zero-order valence-corrected chi connectivity index (χ0v) is 9.65. The van der Waals surface area contributed by atoms with E-state index in [9.17, 15) is 4.79 Å². The maximum Gasteiger partial charge on any atom is 0.252 e. The molecule has 0 aliphatic heterocycles. The van der Waals surface area contributed by atoms with E-state index in [0.29, 0.717) is 5.82 Å². The van der Waals surface area contributed by atoms with Gasteiger partial charge in [-0.15, -0.1) is 0 Å². The summed E-state index contributed by atoms with van der Waals surface area (Å²) >= 11 is 0. The summed E-state index contributed by atoms with van der Waals surface area (Å²) in [4.78, 5) is 19.9. The quantitative estimate of drug-likeness (QED) is 0.672. The fourth-order valence-electron chi connectivity index (χ4n) is 1.56. The first-order chi connectivity index (χ1) is 7.77. The molecule has 1 aromatic rings. The lowest BCUT2D eigenvalue weighted by molar-refractivity contribution is 0.285. The molecule has 0 fully saturated rings. The Labute approximate surface area is 95.1 Å². The number of H-pyrrole nitrogens is 1. The SMILES string of the molecule is CCCN(CCCCO)c1cc(=O)[nH]cn1. The van der Waals surface area contributed by atoms with E-state index in [-0.39, 0.29) is 12.2 Å². The van der Waals surface area contributed by atoms with Crippen LogP contribution in [0.4, 0.5) is 5.82 Å². The Hall–Kier alpha value is -1.36. The average Bonchev–Trinajstić information content (AvgIpc) is 2.28. The van der Waals surface area contributed by atoms with Gasteiger partial charge in [0.15, 0.2) is 0 Å². The Morgan fingerprint density at radius 3 is 2.88 bits per heavy atom. The fourth-order valence-corrected chi connectivity index (χ4v) is 1.56. The Balaban J connectivity index is 2.65. The maximum atomic E-state index is 11.2. The molecule has 16 heavy (non-hydrogen) atoms. The Morgan fingerprint density at radius 1 is 1.44 bits per heavy atom. The molecule has 0 aliphatic carbocycles. The van der Waals surface area contributed by atoms with Crippen molar-refractivity contribution in [3.63, 3.8) is 0 Å². The summed E-state index contributed by atoms with van der Waals surface area (Å²) < 4.78 is 0. The molecule has 0 saturated carbocycles. The van der Waals surface area contributed by atoms with Gasteiger partial charge in [0.05, 0.1) is 6.33 Å². The molecule has 0 aromatic carbocycles. The van der Waals surface area contributed by atoms with Crippen molar-refractivity contribution in [2.75, 3.05) is 24.6 Å². The van der Waals surface area contributed by atoms with Crippen LogP contribution in [0.25, 0.3) is 0 Å². The lowest BCUT2D eigenvalue weighted by Crippen LogP contribution is -2.27. The third-order valence-corrected chi connectivity index (χ3v) is 2.32. The van der Waals surface area contributed by atoms with Gasteiger partial charge in [-0.3, -0.25) is 4.79 Å². The number of nitrogens with one attached hydrogen (secondary N) is 1. The second-order valence-corrected chi connectivity index (χ2v) is 3.69. The zero-order valence-electron chi connectivity index (χ0n) is 9.65. The van der Waals surface area contributed by atoms with Gasteiger partial charge in [0.25, 0.3) is 5.56 Å². The van der Waals surface area contributed by atoms with Crippen LogP contribution < -0.4 is 10.5 Å². The molecule has 0 atom stereocenters. The first kappa shape index (κ1) is 12.7. The van der Waals surface area contributed by atoms with Crippen molar-refractivity contribution in [2.24, 2.45) is 0 Å². The predicted molar refractivity (Wildman–Crippen MR) is 63.7 cm³/mol. The molecule has 0 unspecified atom stereocenters. The normalized spacial score (nSPS) is 10.4. The second kappa shape index (κ2) is 7.00. The lowest BCUT2D eigenvalue weighted by atomic mass is 10.3. The molecule has 90 valence electrons. The fraction of sp³-hybridized carbons (Fsp3) is 0.636. The molecule has 1 aromatic heterocycles. The molecule has 5 heteroatoms. The van der Waals surface area contributed by atoms with Crippen LogP contribution in [0.15, 0.2) is 17.2 Å². The first-order valence-electron chi connectivity index (χ1n) is 5.68. The molecule has 0 saturated heterocycles. The molecule has 0 amide bonds. The van der Waals surface area contributed by atoms with Gasteiger partial charge >= 0.3 is 0 Å². The number of unbranched alkanes of at least 4 members (excludes halogenated alkanes) is 1. The van der Waals surface area contributed by atoms with Gasteiger partial charge in [0, 0.05) is 25.8 Å². The molecule has 0 aliphatic rings. The third-order valence-electron chi connectivity index (χ3n) is 2.32. The van der Waals surface area contributed by atoms with Crippen LogP contribution in [0.3, 0.4) is 0 Å². The highest BCUT2D eigenvalue weighted by Gasteiger charge is 2.06. The average molecular weight is 225 g/mol. The Bertz CT molecular complexity index is 351. The predicted octanol–water partition coefficient (Wildman–Crippen LogP) is 0.759. The molecule has 0 spiro atoms. The minimum atomic E-state index is -0.131. The van der Waals surface area contributed by atoms with Crippen molar-refractivity contribution >= 4 is 5.82 Å². The molecule has 0 bridgehead atoms. The van der Waals surface area contributed by atoms with Gasteiger partial charge in [-0.1, -0.05) is 6.92 Å². The van der Waals surface area contributed by atoms with Crippen molar-refractivity contribution < 1.29 is 5.11 Å². The summed E-state index contributed by atoms with van der Waals surface area (Å²) in [5, 5.41) is 8.73. The summed E-state index contributed by atoms with van der Waals surface area (Å²) in [6, 6.07) is 1.51. The molecule has 1 rings (SSSR count). The number of nitrogens with zero attached hydrogens (tertiary/aromatic N) is 2. The van der Waals surface area contributed by atoms with Crippen molar-refractivity contribution in [3.8, 4) is 0 Å². The van der Waals surface area contributed by atoms with Crippen molar-refractivity contribution in [1.82, 2.24) is 9.97 Å². The number of rotatable bonds is 7. The number of hydrogen-bond acceptors (Lipinski definition) is 4.